The molecule has 18 heavy (non-hydrogen) atoms. The van der Waals surface area contributed by atoms with Crippen LogP contribution in [0.25, 0.3) is 0 Å². The van der Waals surface area contributed by atoms with E-state index >= 15 is 0 Å². The van der Waals surface area contributed by atoms with Crippen LogP contribution in [0.4, 0.5) is 0 Å². The van der Waals surface area contributed by atoms with Crippen LogP contribution in [0.5, 0.6) is 0 Å². The molecule has 3 nitrogen and oxygen atoms in total. The van der Waals surface area contributed by atoms with Crippen molar-refractivity contribution in [3.63, 3.8) is 0 Å². The highest BCUT2D eigenvalue weighted by atomic mass is 16.5. The molecule has 0 aromatic carbocycles. The fraction of sp³-hybridized carbons (Fsp3) is 1.00. The molecule has 0 radical (unpaired) electrons. The zero-order valence-electron chi connectivity index (χ0n) is 11.6. The summed E-state index contributed by atoms with van der Waals surface area (Å²) in [6, 6.07) is 0.578. The van der Waals surface area contributed by atoms with Crippen LogP contribution >= 0.6 is 0 Å². The highest BCUT2D eigenvalue weighted by molar-refractivity contribution is 4.95. The minimum atomic E-state index is 0.299. The molecule has 2 heterocycles. The van der Waals surface area contributed by atoms with Crippen molar-refractivity contribution in [2.75, 3.05) is 26.4 Å². The maximum Gasteiger partial charge on any atom is 0.0685 e. The van der Waals surface area contributed by atoms with Gasteiger partial charge in [-0.1, -0.05) is 6.92 Å². The first kappa shape index (κ1) is 12.9. The molecule has 3 rings (SSSR count). The maximum atomic E-state index is 6.03. The summed E-state index contributed by atoms with van der Waals surface area (Å²) < 4.78 is 11.6. The van der Waals surface area contributed by atoms with Crippen LogP contribution < -0.4 is 5.32 Å². The summed E-state index contributed by atoms with van der Waals surface area (Å²) in [7, 11) is 0. The number of nitrogens with one attached hydrogen (secondary N) is 1. The number of hydrogen-bond acceptors (Lipinski definition) is 3. The molecule has 0 amide bonds. The lowest BCUT2D eigenvalue weighted by Gasteiger charge is -2.48. The lowest BCUT2D eigenvalue weighted by Crippen LogP contribution is -2.48. The fourth-order valence-corrected chi connectivity index (χ4v) is 3.88. The van der Waals surface area contributed by atoms with Crippen molar-refractivity contribution in [3.05, 3.63) is 0 Å². The van der Waals surface area contributed by atoms with Crippen LogP contribution in [0.15, 0.2) is 0 Å². The average molecular weight is 253 g/mol. The van der Waals surface area contributed by atoms with E-state index in [4.69, 9.17) is 9.47 Å². The van der Waals surface area contributed by atoms with Crippen molar-refractivity contribution < 1.29 is 9.47 Å². The first-order chi connectivity index (χ1) is 8.77. The zero-order chi connectivity index (χ0) is 12.4. The molecular formula is C15H27NO2. The van der Waals surface area contributed by atoms with Gasteiger partial charge in [-0.05, 0) is 50.4 Å². The van der Waals surface area contributed by atoms with Crippen molar-refractivity contribution in [1.82, 2.24) is 5.32 Å². The highest BCUT2D eigenvalue weighted by Gasteiger charge is 2.43. The summed E-state index contributed by atoms with van der Waals surface area (Å²) in [5.74, 6) is 1.66. The van der Waals surface area contributed by atoms with E-state index < -0.39 is 0 Å². The zero-order valence-corrected chi connectivity index (χ0v) is 11.6. The summed E-state index contributed by atoms with van der Waals surface area (Å²) in [5.41, 5.74) is 0.299. The molecule has 3 unspecified atom stereocenters. The molecule has 3 fully saturated rings. The third kappa shape index (κ3) is 2.73. The third-order valence-electron chi connectivity index (χ3n) is 5.26. The first-order valence-electron chi connectivity index (χ1n) is 7.72. The summed E-state index contributed by atoms with van der Waals surface area (Å²) >= 11 is 0. The Morgan fingerprint density at radius 3 is 2.89 bits per heavy atom. The van der Waals surface area contributed by atoms with Crippen molar-refractivity contribution in [2.24, 2.45) is 11.8 Å². The number of rotatable bonds is 3. The predicted molar refractivity (Wildman–Crippen MR) is 71.6 cm³/mol. The van der Waals surface area contributed by atoms with Gasteiger partial charge in [-0.15, -0.1) is 0 Å². The molecule has 3 heteroatoms. The van der Waals surface area contributed by atoms with E-state index in [1.165, 1.54) is 38.5 Å². The molecule has 3 atom stereocenters. The van der Waals surface area contributed by atoms with Crippen LogP contribution in [0.2, 0.25) is 0 Å². The van der Waals surface area contributed by atoms with E-state index in [9.17, 15) is 0 Å². The summed E-state index contributed by atoms with van der Waals surface area (Å²) in [5, 5.41) is 3.58. The number of hydrogen-bond donors (Lipinski definition) is 1. The monoisotopic (exact) mass is 253 g/mol. The molecule has 104 valence electrons. The normalized spacial score (nSPS) is 37.2. The first-order valence-corrected chi connectivity index (χ1v) is 7.72. The summed E-state index contributed by atoms with van der Waals surface area (Å²) in [4.78, 5) is 0. The van der Waals surface area contributed by atoms with E-state index in [1.54, 1.807) is 0 Å². The average Bonchev–Trinajstić information content (AvgIpc) is 2.38. The van der Waals surface area contributed by atoms with Crippen LogP contribution in [0.3, 0.4) is 0 Å². The van der Waals surface area contributed by atoms with Gasteiger partial charge >= 0.3 is 0 Å². The second-order valence-electron chi connectivity index (χ2n) is 6.58. The Morgan fingerprint density at radius 1 is 1.33 bits per heavy atom. The Kier molecular flexibility index (Phi) is 3.92. The minimum absolute atomic E-state index is 0.299. The lowest BCUT2D eigenvalue weighted by atomic mass is 9.68. The Labute approximate surface area is 111 Å². The van der Waals surface area contributed by atoms with Crippen molar-refractivity contribution in [1.29, 1.82) is 0 Å². The van der Waals surface area contributed by atoms with Crippen molar-refractivity contribution in [3.8, 4) is 0 Å². The van der Waals surface area contributed by atoms with E-state index in [1.807, 2.05) is 0 Å². The molecule has 3 aliphatic rings. The van der Waals surface area contributed by atoms with E-state index in [0.717, 1.165) is 38.2 Å². The van der Waals surface area contributed by atoms with E-state index in [-0.39, 0.29) is 0 Å². The van der Waals surface area contributed by atoms with Gasteiger partial charge in [0.05, 0.1) is 18.8 Å². The Hall–Kier alpha value is -0.120. The Balaban J connectivity index is 1.50. The van der Waals surface area contributed by atoms with Gasteiger partial charge in [0, 0.05) is 19.2 Å². The van der Waals surface area contributed by atoms with Gasteiger partial charge in [-0.3, -0.25) is 0 Å². The van der Waals surface area contributed by atoms with Crippen LogP contribution in [0, 0.1) is 11.8 Å². The van der Waals surface area contributed by atoms with Crippen molar-refractivity contribution in [2.45, 2.75) is 57.1 Å². The fourth-order valence-electron chi connectivity index (χ4n) is 3.88. The smallest absolute Gasteiger partial charge is 0.0685 e. The molecule has 0 bridgehead atoms. The topological polar surface area (TPSA) is 30.5 Å². The standard InChI is InChI=1S/C15H27NO2/c1-12(9-14-11-17-8-6-16-14)13-3-7-18-15(10-13)4-2-5-15/h12-14,16H,2-11H2,1H3. The Bertz CT molecular complexity index is 272. The summed E-state index contributed by atoms with van der Waals surface area (Å²) in [6.45, 7) is 6.22. The highest BCUT2D eigenvalue weighted by Crippen LogP contribution is 2.46. The van der Waals surface area contributed by atoms with E-state index in [2.05, 4.69) is 12.2 Å². The summed E-state index contributed by atoms with van der Waals surface area (Å²) in [6.07, 6.45) is 7.82. The van der Waals surface area contributed by atoms with Gasteiger partial charge in [0.15, 0.2) is 0 Å². The number of morpholine rings is 1. The molecule has 1 aliphatic carbocycles. The van der Waals surface area contributed by atoms with Gasteiger partial charge < -0.3 is 14.8 Å². The molecule has 1 N–H and O–H groups in total. The van der Waals surface area contributed by atoms with Gasteiger partial charge in [0.25, 0.3) is 0 Å². The molecule has 2 aliphatic heterocycles. The maximum absolute atomic E-state index is 6.03. The quantitative estimate of drug-likeness (QED) is 0.837. The second-order valence-corrected chi connectivity index (χ2v) is 6.58. The number of ether oxygens (including phenoxy) is 2. The van der Waals surface area contributed by atoms with E-state index in [0.29, 0.717) is 11.6 Å². The van der Waals surface area contributed by atoms with Gasteiger partial charge in [0.1, 0.15) is 0 Å². The largest absolute Gasteiger partial charge is 0.379 e. The predicted octanol–water partition coefficient (Wildman–Crippen LogP) is 2.35. The van der Waals surface area contributed by atoms with Gasteiger partial charge in [0.2, 0.25) is 0 Å². The molecule has 0 aromatic rings. The van der Waals surface area contributed by atoms with Gasteiger partial charge in [-0.25, -0.2) is 0 Å². The van der Waals surface area contributed by atoms with Crippen LogP contribution in [-0.4, -0.2) is 38.0 Å². The second kappa shape index (κ2) is 5.48. The molecular weight excluding hydrogens is 226 g/mol. The molecule has 1 spiro atoms. The van der Waals surface area contributed by atoms with Gasteiger partial charge in [-0.2, -0.15) is 0 Å². The Morgan fingerprint density at radius 2 is 2.22 bits per heavy atom. The minimum Gasteiger partial charge on any atom is -0.379 e. The van der Waals surface area contributed by atoms with Crippen molar-refractivity contribution >= 4 is 0 Å². The van der Waals surface area contributed by atoms with Crippen LogP contribution in [-0.2, 0) is 9.47 Å². The van der Waals surface area contributed by atoms with Crippen LogP contribution in [0.1, 0.15) is 45.4 Å². The molecule has 1 saturated carbocycles. The molecule has 0 aromatic heterocycles. The SMILES string of the molecule is CC(CC1COCCN1)C1CCOC2(CCC2)C1. The molecule has 2 saturated heterocycles. The third-order valence-corrected chi connectivity index (χ3v) is 5.26. The lowest BCUT2D eigenvalue weighted by molar-refractivity contribution is -0.150.